The van der Waals surface area contributed by atoms with E-state index in [4.69, 9.17) is 10.00 Å². The van der Waals surface area contributed by atoms with Crippen LogP contribution in [0.3, 0.4) is 0 Å². The average Bonchev–Trinajstić information content (AvgIpc) is 2.19. The van der Waals surface area contributed by atoms with Crippen LogP contribution >= 0.6 is 0 Å². The molecule has 80 valence electrons. The Morgan fingerprint density at radius 1 is 1.57 bits per heavy atom. The first-order chi connectivity index (χ1) is 6.72. The normalized spacial score (nSPS) is 22.6. The van der Waals surface area contributed by atoms with Crippen LogP contribution in [0.25, 0.3) is 0 Å². The lowest BCUT2D eigenvalue weighted by molar-refractivity contribution is 0.00776. The molecule has 0 spiro atoms. The van der Waals surface area contributed by atoms with Gasteiger partial charge in [-0.15, -0.1) is 0 Å². The topological polar surface area (TPSA) is 65.3 Å². The highest BCUT2D eigenvalue weighted by molar-refractivity contribution is 4.93. The number of nitrogens with one attached hydrogen (secondary N) is 1. The Kier molecular flexibility index (Phi) is 4.33. The third kappa shape index (κ3) is 2.95. The van der Waals surface area contributed by atoms with Crippen molar-refractivity contribution in [1.29, 1.82) is 5.26 Å². The van der Waals surface area contributed by atoms with Gasteiger partial charge in [0.2, 0.25) is 0 Å². The number of rotatable bonds is 4. The molecule has 1 heterocycles. The highest BCUT2D eigenvalue weighted by atomic mass is 16.5. The molecule has 0 aromatic heterocycles. The highest BCUT2D eigenvalue weighted by Gasteiger charge is 2.32. The summed E-state index contributed by atoms with van der Waals surface area (Å²) in [4.78, 5) is 0. The van der Waals surface area contributed by atoms with E-state index < -0.39 is 0 Å². The number of ether oxygens (including phenoxy) is 1. The van der Waals surface area contributed by atoms with E-state index >= 15 is 0 Å². The van der Waals surface area contributed by atoms with Crippen LogP contribution in [0.15, 0.2) is 0 Å². The van der Waals surface area contributed by atoms with E-state index in [2.05, 4.69) is 11.4 Å². The summed E-state index contributed by atoms with van der Waals surface area (Å²) in [6, 6.07) is 2.25. The Hall–Kier alpha value is -0.630. The van der Waals surface area contributed by atoms with Crippen molar-refractivity contribution >= 4 is 0 Å². The van der Waals surface area contributed by atoms with Gasteiger partial charge in [0.05, 0.1) is 19.1 Å². The summed E-state index contributed by atoms with van der Waals surface area (Å²) in [6.07, 6.45) is 2.11. The van der Waals surface area contributed by atoms with Crippen LogP contribution in [-0.2, 0) is 4.74 Å². The average molecular weight is 198 g/mol. The number of hydrogen-bond donors (Lipinski definition) is 2. The van der Waals surface area contributed by atoms with Crippen molar-refractivity contribution in [3.05, 3.63) is 0 Å². The van der Waals surface area contributed by atoms with Crippen LogP contribution in [0.4, 0.5) is 0 Å². The van der Waals surface area contributed by atoms with Gasteiger partial charge >= 0.3 is 0 Å². The summed E-state index contributed by atoms with van der Waals surface area (Å²) >= 11 is 0. The highest BCUT2D eigenvalue weighted by Crippen LogP contribution is 2.21. The molecule has 4 nitrogen and oxygen atoms in total. The lowest BCUT2D eigenvalue weighted by atomic mass is 9.90. The zero-order chi connectivity index (χ0) is 10.4. The second-order valence-corrected chi connectivity index (χ2v) is 3.96. The van der Waals surface area contributed by atoms with E-state index in [1.165, 1.54) is 0 Å². The second kappa shape index (κ2) is 5.30. The first kappa shape index (κ1) is 11.4. The summed E-state index contributed by atoms with van der Waals surface area (Å²) in [5.41, 5.74) is -0.228. The molecule has 0 amide bonds. The summed E-state index contributed by atoms with van der Waals surface area (Å²) < 4.78 is 5.25. The third-order valence-electron chi connectivity index (χ3n) is 2.70. The third-order valence-corrected chi connectivity index (χ3v) is 2.70. The minimum atomic E-state index is -0.228. The molecule has 1 saturated heterocycles. The molecule has 1 aliphatic rings. The lowest BCUT2D eigenvalue weighted by Gasteiger charge is -2.38. The maximum atomic E-state index is 9.36. The molecule has 0 aromatic carbocycles. The molecule has 2 N–H and O–H groups in total. The van der Waals surface area contributed by atoms with E-state index in [0.717, 1.165) is 12.8 Å². The minimum absolute atomic E-state index is 0.117. The standard InChI is InChI=1S/C10H18N2O2/c1-9(2-5-11)12-10(8-13)3-6-14-7-4-10/h9,12-13H,2-4,6-8H2,1H3. The summed E-state index contributed by atoms with van der Waals surface area (Å²) in [6.45, 7) is 3.46. The maximum absolute atomic E-state index is 9.36. The van der Waals surface area contributed by atoms with Gasteiger partial charge in [-0.25, -0.2) is 0 Å². The zero-order valence-corrected chi connectivity index (χ0v) is 8.62. The molecule has 1 fully saturated rings. The molecule has 1 atom stereocenters. The quantitative estimate of drug-likeness (QED) is 0.687. The van der Waals surface area contributed by atoms with Crippen molar-refractivity contribution in [2.45, 2.75) is 37.8 Å². The van der Waals surface area contributed by atoms with E-state index in [-0.39, 0.29) is 18.2 Å². The lowest BCUT2D eigenvalue weighted by Crippen LogP contribution is -2.55. The Morgan fingerprint density at radius 2 is 2.21 bits per heavy atom. The number of aliphatic hydroxyl groups excluding tert-OH is 1. The van der Waals surface area contributed by atoms with Crippen LogP contribution in [-0.4, -0.2) is 36.5 Å². The smallest absolute Gasteiger partial charge is 0.0638 e. The predicted molar refractivity (Wildman–Crippen MR) is 52.7 cm³/mol. The number of nitriles is 1. The fourth-order valence-corrected chi connectivity index (χ4v) is 1.82. The molecule has 1 rings (SSSR count). The SMILES string of the molecule is CC(CC#N)NC1(CO)CCOCC1. The molecule has 0 aliphatic carbocycles. The van der Waals surface area contributed by atoms with Crippen LogP contribution in [0.5, 0.6) is 0 Å². The maximum Gasteiger partial charge on any atom is 0.0638 e. The van der Waals surface area contributed by atoms with Crippen molar-refractivity contribution in [2.75, 3.05) is 19.8 Å². The van der Waals surface area contributed by atoms with E-state index in [1.807, 2.05) is 6.92 Å². The fraction of sp³-hybridized carbons (Fsp3) is 0.900. The number of hydrogen-bond acceptors (Lipinski definition) is 4. The Morgan fingerprint density at radius 3 is 2.71 bits per heavy atom. The van der Waals surface area contributed by atoms with Crippen LogP contribution in [0, 0.1) is 11.3 Å². The minimum Gasteiger partial charge on any atom is -0.394 e. The van der Waals surface area contributed by atoms with Gasteiger partial charge < -0.3 is 15.2 Å². The molecule has 1 aliphatic heterocycles. The van der Waals surface area contributed by atoms with Gasteiger partial charge in [0, 0.05) is 24.8 Å². The van der Waals surface area contributed by atoms with Crippen molar-refractivity contribution in [1.82, 2.24) is 5.32 Å². The van der Waals surface area contributed by atoms with Gasteiger partial charge in [-0.05, 0) is 19.8 Å². The zero-order valence-electron chi connectivity index (χ0n) is 8.62. The monoisotopic (exact) mass is 198 g/mol. The molecular formula is C10H18N2O2. The van der Waals surface area contributed by atoms with Crippen molar-refractivity contribution in [2.24, 2.45) is 0 Å². The molecule has 0 bridgehead atoms. The number of aliphatic hydroxyl groups is 1. The van der Waals surface area contributed by atoms with Crippen molar-refractivity contribution in [3.63, 3.8) is 0 Å². The summed E-state index contributed by atoms with van der Waals surface area (Å²) in [5.74, 6) is 0. The molecule has 1 unspecified atom stereocenters. The molecular weight excluding hydrogens is 180 g/mol. The van der Waals surface area contributed by atoms with E-state index in [1.54, 1.807) is 0 Å². The molecule has 0 radical (unpaired) electrons. The van der Waals surface area contributed by atoms with E-state index in [9.17, 15) is 5.11 Å². The largest absolute Gasteiger partial charge is 0.394 e. The summed E-state index contributed by atoms with van der Waals surface area (Å²) in [7, 11) is 0. The predicted octanol–water partition coefficient (Wildman–Crippen LogP) is 0.420. The van der Waals surface area contributed by atoms with E-state index in [0.29, 0.717) is 19.6 Å². The fourth-order valence-electron chi connectivity index (χ4n) is 1.82. The Labute approximate surface area is 84.9 Å². The Bertz CT molecular complexity index is 207. The van der Waals surface area contributed by atoms with Gasteiger partial charge in [0.1, 0.15) is 0 Å². The van der Waals surface area contributed by atoms with Gasteiger partial charge in [-0.1, -0.05) is 0 Å². The first-order valence-electron chi connectivity index (χ1n) is 5.06. The van der Waals surface area contributed by atoms with Gasteiger partial charge in [-0.2, -0.15) is 5.26 Å². The van der Waals surface area contributed by atoms with Crippen molar-refractivity contribution < 1.29 is 9.84 Å². The summed E-state index contributed by atoms with van der Waals surface area (Å²) in [5, 5.41) is 21.2. The van der Waals surface area contributed by atoms with Crippen LogP contribution < -0.4 is 5.32 Å². The van der Waals surface area contributed by atoms with Gasteiger partial charge in [0.15, 0.2) is 0 Å². The van der Waals surface area contributed by atoms with Crippen molar-refractivity contribution in [3.8, 4) is 6.07 Å². The second-order valence-electron chi connectivity index (χ2n) is 3.96. The Balaban J connectivity index is 2.47. The first-order valence-corrected chi connectivity index (χ1v) is 5.06. The van der Waals surface area contributed by atoms with Crippen LogP contribution in [0.1, 0.15) is 26.2 Å². The number of nitrogens with zero attached hydrogens (tertiary/aromatic N) is 1. The van der Waals surface area contributed by atoms with Gasteiger partial charge in [0.25, 0.3) is 0 Å². The molecule has 14 heavy (non-hydrogen) atoms. The van der Waals surface area contributed by atoms with Crippen LogP contribution in [0.2, 0.25) is 0 Å². The molecule has 0 aromatic rings. The molecule has 4 heteroatoms. The van der Waals surface area contributed by atoms with Gasteiger partial charge in [-0.3, -0.25) is 0 Å². The molecule has 0 saturated carbocycles.